The van der Waals surface area contributed by atoms with Gasteiger partial charge in [-0.25, -0.2) is 0 Å². The Labute approximate surface area is 85.0 Å². The Kier molecular flexibility index (Phi) is 3.94. The average molecular weight is 197 g/mol. The van der Waals surface area contributed by atoms with Crippen LogP contribution in [0.5, 0.6) is 0 Å². The SMILES string of the molecule is CCCC(C)C(N)c1cscc1C. The normalized spacial score (nSPS) is 15.7. The van der Waals surface area contributed by atoms with Crippen LogP contribution in [-0.4, -0.2) is 0 Å². The molecule has 2 N–H and O–H groups in total. The predicted molar refractivity (Wildman–Crippen MR) is 60.1 cm³/mol. The summed E-state index contributed by atoms with van der Waals surface area (Å²) in [6, 6.07) is 0.228. The van der Waals surface area contributed by atoms with Crippen LogP contribution in [0.4, 0.5) is 0 Å². The van der Waals surface area contributed by atoms with Crippen molar-refractivity contribution in [1.82, 2.24) is 0 Å². The maximum atomic E-state index is 6.18. The summed E-state index contributed by atoms with van der Waals surface area (Å²) >= 11 is 1.75. The quantitative estimate of drug-likeness (QED) is 0.785. The molecule has 1 heterocycles. The highest BCUT2D eigenvalue weighted by atomic mass is 32.1. The van der Waals surface area contributed by atoms with Crippen molar-refractivity contribution in [2.24, 2.45) is 11.7 Å². The molecule has 2 heteroatoms. The van der Waals surface area contributed by atoms with E-state index in [9.17, 15) is 0 Å². The summed E-state index contributed by atoms with van der Waals surface area (Å²) in [6.45, 7) is 6.60. The first-order valence-corrected chi connectivity index (χ1v) is 5.89. The van der Waals surface area contributed by atoms with E-state index >= 15 is 0 Å². The molecule has 1 rings (SSSR count). The average Bonchev–Trinajstić information content (AvgIpc) is 2.50. The first kappa shape index (κ1) is 10.7. The minimum atomic E-state index is 0.228. The maximum Gasteiger partial charge on any atom is 0.0331 e. The van der Waals surface area contributed by atoms with E-state index < -0.39 is 0 Å². The first-order valence-electron chi connectivity index (χ1n) is 4.95. The Morgan fingerprint density at radius 3 is 2.62 bits per heavy atom. The summed E-state index contributed by atoms with van der Waals surface area (Å²) in [5, 5.41) is 4.36. The monoisotopic (exact) mass is 197 g/mol. The van der Waals surface area contributed by atoms with Gasteiger partial charge in [-0.15, -0.1) is 0 Å². The van der Waals surface area contributed by atoms with E-state index in [1.807, 2.05) is 0 Å². The number of hydrogen-bond acceptors (Lipinski definition) is 2. The standard InChI is InChI=1S/C11H19NS/c1-4-5-8(2)11(12)10-7-13-6-9(10)3/h6-8,11H,4-5,12H2,1-3H3. The molecule has 0 saturated carbocycles. The van der Waals surface area contributed by atoms with Crippen LogP contribution in [0, 0.1) is 12.8 Å². The molecule has 0 aliphatic heterocycles. The molecule has 0 amide bonds. The largest absolute Gasteiger partial charge is 0.324 e. The number of hydrogen-bond donors (Lipinski definition) is 1. The Bertz CT molecular complexity index is 254. The van der Waals surface area contributed by atoms with Crippen molar-refractivity contribution in [2.45, 2.75) is 39.7 Å². The third-order valence-corrected chi connectivity index (χ3v) is 3.49. The van der Waals surface area contributed by atoms with Crippen molar-refractivity contribution < 1.29 is 0 Å². The molecule has 2 atom stereocenters. The number of aryl methyl sites for hydroxylation is 1. The summed E-state index contributed by atoms with van der Waals surface area (Å²) in [6.07, 6.45) is 2.44. The fourth-order valence-electron chi connectivity index (χ4n) is 1.65. The highest BCUT2D eigenvalue weighted by Crippen LogP contribution is 2.27. The van der Waals surface area contributed by atoms with Crippen molar-refractivity contribution >= 4 is 11.3 Å². The number of nitrogens with two attached hydrogens (primary N) is 1. The number of thiophene rings is 1. The van der Waals surface area contributed by atoms with Crippen LogP contribution < -0.4 is 5.73 Å². The lowest BCUT2D eigenvalue weighted by atomic mass is 9.92. The fraction of sp³-hybridized carbons (Fsp3) is 0.636. The molecule has 74 valence electrons. The van der Waals surface area contributed by atoms with E-state index in [0.29, 0.717) is 5.92 Å². The van der Waals surface area contributed by atoms with Gasteiger partial charge in [-0.1, -0.05) is 20.3 Å². The van der Waals surface area contributed by atoms with Crippen LogP contribution >= 0.6 is 11.3 Å². The Hall–Kier alpha value is -0.340. The van der Waals surface area contributed by atoms with E-state index in [2.05, 4.69) is 31.5 Å². The van der Waals surface area contributed by atoms with Crippen molar-refractivity contribution in [3.63, 3.8) is 0 Å². The molecule has 2 unspecified atom stereocenters. The summed E-state index contributed by atoms with van der Waals surface area (Å²) < 4.78 is 0. The molecule has 0 bridgehead atoms. The van der Waals surface area contributed by atoms with Gasteiger partial charge in [-0.3, -0.25) is 0 Å². The highest BCUT2D eigenvalue weighted by molar-refractivity contribution is 7.08. The van der Waals surface area contributed by atoms with Gasteiger partial charge >= 0.3 is 0 Å². The van der Waals surface area contributed by atoms with Crippen LogP contribution in [-0.2, 0) is 0 Å². The molecule has 0 fully saturated rings. The van der Waals surface area contributed by atoms with Gasteiger partial charge in [0, 0.05) is 6.04 Å². The molecule has 0 spiro atoms. The van der Waals surface area contributed by atoms with Gasteiger partial charge in [0.1, 0.15) is 0 Å². The van der Waals surface area contributed by atoms with Gasteiger partial charge in [-0.2, -0.15) is 11.3 Å². The van der Waals surface area contributed by atoms with Crippen molar-refractivity contribution in [1.29, 1.82) is 0 Å². The molecular weight excluding hydrogens is 178 g/mol. The molecule has 0 saturated heterocycles. The lowest BCUT2D eigenvalue weighted by Crippen LogP contribution is -2.19. The molecule has 0 aromatic carbocycles. The summed E-state index contributed by atoms with van der Waals surface area (Å²) in [5.74, 6) is 0.596. The molecular formula is C11H19NS. The molecule has 1 aromatic heterocycles. The minimum Gasteiger partial charge on any atom is -0.324 e. The summed E-state index contributed by atoms with van der Waals surface area (Å²) in [7, 11) is 0. The predicted octanol–water partition coefficient (Wildman–Crippen LogP) is 3.49. The van der Waals surface area contributed by atoms with Crippen LogP contribution in [0.1, 0.15) is 43.9 Å². The van der Waals surface area contributed by atoms with Gasteiger partial charge in [0.05, 0.1) is 0 Å². The van der Waals surface area contributed by atoms with E-state index in [1.54, 1.807) is 11.3 Å². The molecule has 0 radical (unpaired) electrons. The topological polar surface area (TPSA) is 26.0 Å². The molecule has 13 heavy (non-hydrogen) atoms. The Morgan fingerprint density at radius 2 is 2.15 bits per heavy atom. The van der Waals surface area contributed by atoms with Crippen molar-refractivity contribution in [3.05, 3.63) is 21.9 Å². The van der Waals surface area contributed by atoms with Crippen molar-refractivity contribution in [2.75, 3.05) is 0 Å². The van der Waals surface area contributed by atoms with E-state index in [1.165, 1.54) is 24.0 Å². The molecule has 0 aliphatic rings. The van der Waals surface area contributed by atoms with Gasteiger partial charge in [0.25, 0.3) is 0 Å². The Balaban J connectivity index is 2.67. The highest BCUT2D eigenvalue weighted by Gasteiger charge is 2.16. The van der Waals surface area contributed by atoms with Gasteiger partial charge < -0.3 is 5.73 Å². The molecule has 1 nitrogen and oxygen atoms in total. The van der Waals surface area contributed by atoms with Crippen LogP contribution in [0.3, 0.4) is 0 Å². The third kappa shape index (κ3) is 2.55. The smallest absolute Gasteiger partial charge is 0.0331 e. The second kappa shape index (κ2) is 4.77. The fourth-order valence-corrected chi connectivity index (χ4v) is 2.55. The lowest BCUT2D eigenvalue weighted by molar-refractivity contribution is 0.433. The Morgan fingerprint density at radius 1 is 1.46 bits per heavy atom. The van der Waals surface area contributed by atoms with E-state index in [4.69, 9.17) is 5.73 Å². The summed E-state index contributed by atoms with van der Waals surface area (Å²) in [4.78, 5) is 0. The summed E-state index contributed by atoms with van der Waals surface area (Å²) in [5.41, 5.74) is 8.86. The zero-order chi connectivity index (χ0) is 9.84. The zero-order valence-electron chi connectivity index (χ0n) is 8.71. The van der Waals surface area contributed by atoms with E-state index in [-0.39, 0.29) is 6.04 Å². The lowest BCUT2D eigenvalue weighted by Gasteiger charge is -2.19. The van der Waals surface area contributed by atoms with Gasteiger partial charge in [-0.05, 0) is 41.1 Å². The maximum absolute atomic E-state index is 6.18. The first-order chi connectivity index (χ1) is 6.16. The van der Waals surface area contributed by atoms with E-state index in [0.717, 1.165) is 0 Å². The van der Waals surface area contributed by atoms with Gasteiger partial charge in [0.15, 0.2) is 0 Å². The second-order valence-electron chi connectivity index (χ2n) is 3.80. The number of rotatable bonds is 4. The minimum absolute atomic E-state index is 0.228. The van der Waals surface area contributed by atoms with Crippen molar-refractivity contribution in [3.8, 4) is 0 Å². The second-order valence-corrected chi connectivity index (χ2v) is 4.55. The van der Waals surface area contributed by atoms with Gasteiger partial charge in [0.2, 0.25) is 0 Å². The molecule has 1 aromatic rings. The van der Waals surface area contributed by atoms with Crippen LogP contribution in [0.25, 0.3) is 0 Å². The van der Waals surface area contributed by atoms with Crippen LogP contribution in [0.2, 0.25) is 0 Å². The van der Waals surface area contributed by atoms with Crippen LogP contribution in [0.15, 0.2) is 10.8 Å². The zero-order valence-corrected chi connectivity index (χ0v) is 9.53. The molecule has 0 aliphatic carbocycles. The third-order valence-electron chi connectivity index (χ3n) is 2.61.